The Morgan fingerprint density at radius 2 is 1.46 bits per heavy atom. The van der Waals surface area contributed by atoms with Crippen molar-refractivity contribution in [2.75, 3.05) is 12.4 Å². The summed E-state index contributed by atoms with van der Waals surface area (Å²) in [5, 5.41) is 1.17. The van der Waals surface area contributed by atoms with Crippen molar-refractivity contribution in [3.05, 3.63) is 28.2 Å². The molecule has 24 heavy (non-hydrogen) atoms. The molecule has 0 spiro atoms. The molecule has 0 aliphatic carbocycles. The van der Waals surface area contributed by atoms with E-state index in [2.05, 4.69) is 0 Å². The van der Waals surface area contributed by atoms with Gasteiger partial charge in [-0.15, -0.1) is 0 Å². The zero-order valence-electron chi connectivity index (χ0n) is 14.1. The van der Waals surface area contributed by atoms with Crippen LogP contribution in [-0.4, -0.2) is 25.3 Å². The summed E-state index contributed by atoms with van der Waals surface area (Å²) >= 11 is 11.9. The summed E-state index contributed by atoms with van der Waals surface area (Å²) in [6.45, 7) is 0.613. The zero-order chi connectivity index (χ0) is 17.1. The summed E-state index contributed by atoms with van der Waals surface area (Å²) in [7, 11) is -4.04. The Morgan fingerprint density at radius 1 is 0.917 bits per heavy atom. The average Bonchev–Trinajstić information content (AvgIpc) is 2.47. The van der Waals surface area contributed by atoms with Crippen LogP contribution in [-0.2, 0) is 10.1 Å². The first-order valence-electron chi connectivity index (χ1n) is 7.90. The Hall–Kier alpha value is 0.510. The van der Waals surface area contributed by atoms with Crippen LogP contribution in [0, 0.1) is 0 Å². The molecule has 1 aromatic carbocycles. The summed E-state index contributed by atoms with van der Waals surface area (Å²) in [5.41, 5.74) is 0. The van der Waals surface area contributed by atoms with Gasteiger partial charge in [-0.05, 0) is 25.0 Å². The summed E-state index contributed by atoms with van der Waals surface area (Å²) in [6, 6.07) is 5.16. The zero-order valence-corrected chi connectivity index (χ0v) is 18.4. The third-order valence-corrected chi connectivity index (χ3v) is 4.78. The van der Waals surface area contributed by atoms with Gasteiger partial charge in [0, 0.05) is 16.8 Å². The van der Waals surface area contributed by atoms with E-state index < -0.39 is 10.1 Å². The van der Waals surface area contributed by atoms with Gasteiger partial charge in [-0.2, -0.15) is 0 Å². The summed E-state index contributed by atoms with van der Waals surface area (Å²) in [6.07, 6.45) is 7.58. The molecule has 0 aromatic heterocycles. The second-order valence-electron chi connectivity index (χ2n) is 5.51. The van der Waals surface area contributed by atoms with E-state index in [-0.39, 0.29) is 35.3 Å². The smallest absolute Gasteiger partial charge is 0.748 e. The molecular formula is C16H23Cl2NaO4S. The number of benzene rings is 1. The first-order chi connectivity index (χ1) is 10.9. The molecule has 0 amide bonds. The Morgan fingerprint density at radius 3 is 2.04 bits per heavy atom. The van der Waals surface area contributed by atoms with Crippen LogP contribution in [0.15, 0.2) is 18.2 Å². The summed E-state index contributed by atoms with van der Waals surface area (Å²) < 4.78 is 36.9. The van der Waals surface area contributed by atoms with Crippen molar-refractivity contribution in [3.63, 3.8) is 0 Å². The standard InChI is InChI=1S/C16H24Cl2O4S.Na/c17-14-9-10-15(18)16(13-14)22-11-7-5-3-1-2-4-6-8-12-23(19,20)21;/h9-10,13H,1-8,11-12H2,(H,19,20,21);/q;+1/p-1. The number of unbranched alkanes of at least 4 members (excludes halogenated alkanes) is 7. The number of halogens is 2. The second kappa shape index (κ2) is 13.7. The number of hydrogen-bond acceptors (Lipinski definition) is 4. The van der Waals surface area contributed by atoms with E-state index in [1.807, 2.05) is 0 Å². The van der Waals surface area contributed by atoms with Crippen molar-refractivity contribution in [1.82, 2.24) is 0 Å². The van der Waals surface area contributed by atoms with Crippen LogP contribution in [0.25, 0.3) is 0 Å². The van der Waals surface area contributed by atoms with Crippen molar-refractivity contribution in [2.24, 2.45) is 0 Å². The fraction of sp³-hybridized carbons (Fsp3) is 0.625. The molecule has 8 heteroatoms. The minimum Gasteiger partial charge on any atom is -0.748 e. The van der Waals surface area contributed by atoms with Gasteiger partial charge in [0.2, 0.25) is 0 Å². The fourth-order valence-electron chi connectivity index (χ4n) is 2.21. The van der Waals surface area contributed by atoms with E-state index in [1.165, 1.54) is 0 Å². The molecule has 0 atom stereocenters. The number of hydrogen-bond donors (Lipinski definition) is 0. The van der Waals surface area contributed by atoms with Crippen LogP contribution in [0.1, 0.15) is 51.4 Å². The molecule has 132 valence electrons. The quantitative estimate of drug-likeness (QED) is 0.303. The molecule has 0 aliphatic rings. The molecule has 0 saturated carbocycles. The van der Waals surface area contributed by atoms with Crippen molar-refractivity contribution >= 4 is 33.3 Å². The third kappa shape index (κ3) is 12.8. The molecule has 1 aromatic rings. The maximum absolute atomic E-state index is 10.4. The van der Waals surface area contributed by atoms with E-state index in [0.717, 1.165) is 44.9 Å². The normalized spacial score (nSPS) is 11.1. The van der Waals surface area contributed by atoms with E-state index in [0.29, 0.717) is 28.8 Å². The maximum atomic E-state index is 10.4. The van der Waals surface area contributed by atoms with Gasteiger partial charge < -0.3 is 9.29 Å². The van der Waals surface area contributed by atoms with Crippen LogP contribution in [0.4, 0.5) is 0 Å². The molecule has 4 nitrogen and oxygen atoms in total. The van der Waals surface area contributed by atoms with Crippen LogP contribution in [0.3, 0.4) is 0 Å². The van der Waals surface area contributed by atoms with Crippen molar-refractivity contribution in [2.45, 2.75) is 51.4 Å². The van der Waals surface area contributed by atoms with Gasteiger partial charge in [-0.1, -0.05) is 61.7 Å². The molecule has 0 fully saturated rings. The van der Waals surface area contributed by atoms with Crippen LogP contribution < -0.4 is 34.3 Å². The van der Waals surface area contributed by atoms with Gasteiger partial charge in [-0.25, -0.2) is 8.42 Å². The van der Waals surface area contributed by atoms with Gasteiger partial charge in [0.15, 0.2) is 0 Å². The molecule has 0 unspecified atom stereocenters. The fourth-order valence-corrected chi connectivity index (χ4v) is 3.10. The molecule has 0 radical (unpaired) electrons. The Labute approximate surface area is 177 Å². The number of rotatable bonds is 12. The summed E-state index contributed by atoms with van der Waals surface area (Å²) in [4.78, 5) is 0. The Balaban J connectivity index is 0.00000529. The summed E-state index contributed by atoms with van der Waals surface area (Å²) in [5.74, 6) is 0.378. The SMILES string of the molecule is O=S(=O)([O-])CCCCCCCCCCOc1cc(Cl)ccc1Cl.[Na+]. The topological polar surface area (TPSA) is 66.4 Å². The van der Waals surface area contributed by atoms with Crippen LogP contribution in [0.2, 0.25) is 10.0 Å². The first kappa shape index (κ1) is 24.5. The molecule has 0 heterocycles. The van der Waals surface area contributed by atoms with Crippen LogP contribution >= 0.6 is 23.2 Å². The van der Waals surface area contributed by atoms with Crippen molar-refractivity contribution in [3.8, 4) is 5.75 Å². The van der Waals surface area contributed by atoms with Gasteiger partial charge >= 0.3 is 29.6 Å². The predicted octanol–water partition coefficient (Wildman–Crippen LogP) is 2.04. The monoisotopic (exact) mass is 404 g/mol. The van der Waals surface area contributed by atoms with Gasteiger partial charge in [-0.3, -0.25) is 0 Å². The van der Waals surface area contributed by atoms with Gasteiger partial charge in [0.1, 0.15) is 5.75 Å². The molecule has 0 N–H and O–H groups in total. The average molecular weight is 405 g/mol. The Kier molecular flexibility index (Phi) is 14.0. The molecule has 1 rings (SSSR count). The van der Waals surface area contributed by atoms with E-state index in [9.17, 15) is 13.0 Å². The van der Waals surface area contributed by atoms with E-state index >= 15 is 0 Å². The van der Waals surface area contributed by atoms with Crippen molar-refractivity contribution < 1.29 is 47.3 Å². The molecule has 0 saturated heterocycles. The van der Waals surface area contributed by atoms with E-state index in [1.54, 1.807) is 18.2 Å². The minimum atomic E-state index is -4.04. The van der Waals surface area contributed by atoms with Crippen molar-refractivity contribution in [1.29, 1.82) is 0 Å². The Bertz CT molecular complexity index is 567. The van der Waals surface area contributed by atoms with Crippen LogP contribution in [0.5, 0.6) is 5.75 Å². The number of ether oxygens (including phenoxy) is 1. The third-order valence-electron chi connectivity index (χ3n) is 3.44. The van der Waals surface area contributed by atoms with E-state index in [4.69, 9.17) is 27.9 Å². The predicted molar refractivity (Wildman–Crippen MR) is 93.5 cm³/mol. The van der Waals surface area contributed by atoms with Gasteiger partial charge in [0.25, 0.3) is 0 Å². The largest absolute Gasteiger partial charge is 1.00 e. The first-order valence-corrected chi connectivity index (χ1v) is 10.2. The van der Waals surface area contributed by atoms with Gasteiger partial charge in [0.05, 0.1) is 21.7 Å². The molecule has 0 bridgehead atoms. The molecule has 0 aliphatic heterocycles. The minimum absolute atomic E-state index is 0. The molecular weight excluding hydrogens is 382 g/mol. The maximum Gasteiger partial charge on any atom is 1.00 e. The second-order valence-corrected chi connectivity index (χ2v) is 7.88.